The van der Waals surface area contributed by atoms with Gasteiger partial charge in [-0.15, -0.1) is 0 Å². The van der Waals surface area contributed by atoms with E-state index >= 15 is 0 Å². The summed E-state index contributed by atoms with van der Waals surface area (Å²) < 4.78 is 5.50. The molecule has 8 nitrogen and oxygen atoms in total. The summed E-state index contributed by atoms with van der Waals surface area (Å²) in [4.78, 5) is 25.0. The van der Waals surface area contributed by atoms with E-state index in [2.05, 4.69) is 0 Å². The van der Waals surface area contributed by atoms with Crippen LogP contribution in [-0.4, -0.2) is 52.2 Å². The summed E-state index contributed by atoms with van der Waals surface area (Å²) in [5.74, 6) is -0.917. The van der Waals surface area contributed by atoms with Crippen LogP contribution in [0.1, 0.15) is 10.4 Å². The van der Waals surface area contributed by atoms with Crippen molar-refractivity contribution in [2.75, 3.05) is 26.3 Å². The molecule has 0 aliphatic carbocycles. The van der Waals surface area contributed by atoms with Crippen LogP contribution in [0.4, 0.5) is 5.88 Å². The molecule has 2 aromatic carbocycles. The molecule has 3 aromatic rings. The molecular formula is C19H18N2O6. The number of amides is 1. The Bertz CT molecular complexity index is 961. The number of aliphatic hydroxyl groups is 2. The number of hydrogen-bond donors (Lipinski definition) is 2. The first-order valence-corrected chi connectivity index (χ1v) is 8.34. The van der Waals surface area contributed by atoms with E-state index in [1.54, 1.807) is 42.5 Å². The van der Waals surface area contributed by atoms with E-state index in [1.165, 1.54) is 11.0 Å². The van der Waals surface area contributed by atoms with Crippen LogP contribution in [0.5, 0.6) is 0 Å². The molecule has 3 rings (SSSR count). The third kappa shape index (κ3) is 3.53. The van der Waals surface area contributed by atoms with Crippen molar-refractivity contribution in [1.29, 1.82) is 0 Å². The Hall–Kier alpha value is -3.23. The Morgan fingerprint density at radius 1 is 1.04 bits per heavy atom. The van der Waals surface area contributed by atoms with Gasteiger partial charge in [0.25, 0.3) is 5.91 Å². The highest BCUT2D eigenvalue weighted by molar-refractivity contribution is 6.10. The van der Waals surface area contributed by atoms with Gasteiger partial charge in [0.2, 0.25) is 0 Å². The van der Waals surface area contributed by atoms with Crippen LogP contribution in [-0.2, 0) is 0 Å². The average Bonchev–Trinajstić information content (AvgIpc) is 3.08. The summed E-state index contributed by atoms with van der Waals surface area (Å²) in [6, 6.07) is 13.6. The molecule has 0 aliphatic heterocycles. The minimum absolute atomic E-state index is 0.0319. The first-order valence-electron chi connectivity index (χ1n) is 8.34. The average molecular weight is 370 g/mol. The fourth-order valence-corrected chi connectivity index (χ4v) is 3.01. The number of carbonyl (C=O) groups is 1. The van der Waals surface area contributed by atoms with Gasteiger partial charge < -0.3 is 19.5 Å². The predicted molar refractivity (Wildman–Crippen MR) is 98.4 cm³/mol. The molecule has 1 heterocycles. The number of para-hydroxylation sites is 1. The number of nitrogens with zero attached hydrogens (tertiary/aromatic N) is 2. The summed E-state index contributed by atoms with van der Waals surface area (Å²) in [6.45, 7) is -0.473. The Balaban J connectivity index is 2.20. The predicted octanol–water partition coefficient (Wildman–Crippen LogP) is 2.43. The number of benzene rings is 2. The molecule has 0 aliphatic rings. The molecular weight excluding hydrogens is 352 g/mol. The second kappa shape index (κ2) is 7.98. The standard InChI is InChI=1S/C19H18N2O6/c22-11-9-20(10-12-23)18(24)15-8-4-7-14-16(13-5-2-1-3-6-13)19(21(25)26)27-17(14)15/h1-8,22-23H,9-12H2. The quantitative estimate of drug-likeness (QED) is 0.487. The van der Waals surface area contributed by atoms with Crippen LogP contribution in [0.2, 0.25) is 0 Å². The highest BCUT2D eigenvalue weighted by Crippen LogP contribution is 2.41. The van der Waals surface area contributed by atoms with Crippen molar-refractivity contribution in [1.82, 2.24) is 4.90 Å². The van der Waals surface area contributed by atoms with Gasteiger partial charge in [-0.3, -0.25) is 14.9 Å². The van der Waals surface area contributed by atoms with Gasteiger partial charge in [-0.05, 0) is 11.6 Å². The molecule has 8 heteroatoms. The van der Waals surface area contributed by atoms with Crippen molar-refractivity contribution in [3.8, 4) is 11.1 Å². The van der Waals surface area contributed by atoms with Crippen LogP contribution >= 0.6 is 0 Å². The van der Waals surface area contributed by atoms with Crippen molar-refractivity contribution in [3.63, 3.8) is 0 Å². The van der Waals surface area contributed by atoms with E-state index in [0.29, 0.717) is 16.5 Å². The zero-order valence-electron chi connectivity index (χ0n) is 14.4. The Morgan fingerprint density at radius 2 is 1.70 bits per heavy atom. The normalized spacial score (nSPS) is 10.9. The van der Waals surface area contributed by atoms with Crippen molar-refractivity contribution in [2.24, 2.45) is 0 Å². The largest absolute Gasteiger partial charge is 0.442 e. The van der Waals surface area contributed by atoms with E-state index < -0.39 is 16.7 Å². The molecule has 0 saturated heterocycles. The zero-order chi connectivity index (χ0) is 19.4. The molecule has 140 valence electrons. The minimum Gasteiger partial charge on any atom is -0.399 e. The zero-order valence-corrected chi connectivity index (χ0v) is 14.4. The van der Waals surface area contributed by atoms with Gasteiger partial charge in [0, 0.05) is 18.5 Å². The molecule has 0 radical (unpaired) electrons. The second-order valence-corrected chi connectivity index (χ2v) is 5.83. The van der Waals surface area contributed by atoms with E-state index in [-0.39, 0.29) is 37.4 Å². The van der Waals surface area contributed by atoms with Crippen LogP contribution < -0.4 is 0 Å². The molecule has 0 spiro atoms. The van der Waals surface area contributed by atoms with Crippen molar-refractivity contribution in [2.45, 2.75) is 0 Å². The van der Waals surface area contributed by atoms with Gasteiger partial charge in [0.1, 0.15) is 10.5 Å². The van der Waals surface area contributed by atoms with E-state index in [1.807, 2.05) is 0 Å². The molecule has 1 amide bonds. The lowest BCUT2D eigenvalue weighted by molar-refractivity contribution is -0.400. The number of aliphatic hydroxyl groups excluding tert-OH is 2. The highest BCUT2D eigenvalue weighted by atomic mass is 16.6. The third-order valence-corrected chi connectivity index (χ3v) is 4.18. The first kappa shape index (κ1) is 18.6. The number of hydrogen-bond acceptors (Lipinski definition) is 6. The number of rotatable bonds is 7. The van der Waals surface area contributed by atoms with Crippen molar-refractivity contribution < 1.29 is 24.3 Å². The maximum atomic E-state index is 12.8. The van der Waals surface area contributed by atoms with Gasteiger partial charge in [0.15, 0.2) is 5.58 Å². The van der Waals surface area contributed by atoms with Gasteiger partial charge in [-0.2, -0.15) is 0 Å². The molecule has 2 N–H and O–H groups in total. The number of furan rings is 1. The fraction of sp³-hybridized carbons (Fsp3) is 0.211. The van der Waals surface area contributed by atoms with Gasteiger partial charge in [-0.25, -0.2) is 0 Å². The minimum atomic E-state index is -0.615. The third-order valence-electron chi connectivity index (χ3n) is 4.18. The van der Waals surface area contributed by atoms with Gasteiger partial charge in [0.05, 0.1) is 18.8 Å². The lowest BCUT2D eigenvalue weighted by Crippen LogP contribution is -2.35. The molecule has 0 bridgehead atoms. The number of nitro groups is 1. The van der Waals surface area contributed by atoms with Crippen LogP contribution in [0.15, 0.2) is 52.9 Å². The molecule has 0 fully saturated rings. The molecule has 0 atom stereocenters. The molecule has 0 unspecified atom stereocenters. The molecule has 1 aromatic heterocycles. The van der Waals surface area contributed by atoms with Crippen LogP contribution in [0, 0.1) is 10.1 Å². The topological polar surface area (TPSA) is 117 Å². The van der Waals surface area contributed by atoms with Gasteiger partial charge in [-0.1, -0.05) is 42.5 Å². The monoisotopic (exact) mass is 370 g/mol. The molecule has 27 heavy (non-hydrogen) atoms. The Morgan fingerprint density at radius 3 is 2.30 bits per heavy atom. The number of carbonyl (C=O) groups excluding carboxylic acids is 1. The van der Waals surface area contributed by atoms with Crippen molar-refractivity contribution >= 4 is 22.8 Å². The maximum Gasteiger partial charge on any atom is 0.442 e. The van der Waals surface area contributed by atoms with E-state index in [0.717, 1.165) is 0 Å². The fourth-order valence-electron chi connectivity index (χ4n) is 3.01. The maximum absolute atomic E-state index is 12.8. The summed E-state index contributed by atoms with van der Waals surface area (Å²) in [7, 11) is 0. The Kier molecular flexibility index (Phi) is 5.49. The molecule has 0 saturated carbocycles. The lowest BCUT2D eigenvalue weighted by Gasteiger charge is -2.20. The van der Waals surface area contributed by atoms with Crippen LogP contribution in [0.25, 0.3) is 22.1 Å². The second-order valence-electron chi connectivity index (χ2n) is 5.83. The van der Waals surface area contributed by atoms with Gasteiger partial charge >= 0.3 is 5.88 Å². The summed E-state index contributed by atoms with van der Waals surface area (Å²) >= 11 is 0. The van der Waals surface area contributed by atoms with E-state index in [9.17, 15) is 14.9 Å². The first-order chi connectivity index (χ1) is 13.1. The summed E-state index contributed by atoms with van der Waals surface area (Å²) in [6.07, 6.45) is 0. The van der Waals surface area contributed by atoms with Crippen LogP contribution in [0.3, 0.4) is 0 Å². The summed E-state index contributed by atoms with van der Waals surface area (Å²) in [5.41, 5.74) is 1.16. The van der Waals surface area contributed by atoms with E-state index in [4.69, 9.17) is 14.6 Å². The number of fused-ring (bicyclic) bond motifs is 1. The highest BCUT2D eigenvalue weighted by Gasteiger charge is 2.29. The SMILES string of the molecule is O=C(c1cccc2c(-c3ccccc3)c([N+](=O)[O-])oc12)N(CCO)CCO. The van der Waals surface area contributed by atoms with Crippen molar-refractivity contribution in [3.05, 3.63) is 64.2 Å². The summed E-state index contributed by atoms with van der Waals surface area (Å²) in [5, 5.41) is 30.3. The smallest absolute Gasteiger partial charge is 0.399 e. The lowest BCUT2D eigenvalue weighted by atomic mass is 10.0. The Labute approximate surface area is 154 Å².